The Labute approximate surface area is 383 Å². The first kappa shape index (κ1) is 59.8. The fraction of sp³-hybridized carbons (Fsp3) is 0.930. The lowest BCUT2D eigenvalue weighted by molar-refractivity contribution is -0.121. The first-order valence-electron chi connectivity index (χ1n) is 28.2. The monoisotopic (exact) mass is 858 g/mol. The van der Waals surface area contributed by atoms with Gasteiger partial charge in [-0.1, -0.05) is 270 Å². The Morgan fingerprint density at radius 1 is 0.361 bits per heavy atom. The first-order chi connectivity index (χ1) is 30.1. The summed E-state index contributed by atoms with van der Waals surface area (Å²) in [7, 11) is 0. The Balaban J connectivity index is 3.30. The summed E-state index contributed by atoms with van der Waals surface area (Å²) in [5.41, 5.74) is 0. The number of unbranched alkanes of at least 4 members (excludes halogenated alkanes) is 41. The van der Waals surface area contributed by atoms with Crippen molar-refractivity contribution < 1.29 is 14.7 Å². The summed E-state index contributed by atoms with van der Waals surface area (Å²) >= 11 is 0. The average molecular weight is 859 g/mol. The molecule has 0 rings (SSSR count). The van der Waals surface area contributed by atoms with Gasteiger partial charge in [0.15, 0.2) is 0 Å². The fourth-order valence-electron chi connectivity index (χ4n) is 8.95. The summed E-state index contributed by atoms with van der Waals surface area (Å²) in [6, 6.07) is 0. The summed E-state index contributed by atoms with van der Waals surface area (Å²) in [6.45, 7) is 4.99. The first-order valence-corrected chi connectivity index (χ1v) is 28.2. The minimum atomic E-state index is -0.401. The molecule has 0 aliphatic carbocycles. The maximum Gasteiger partial charge on any atom is 0.220 e. The van der Waals surface area contributed by atoms with E-state index in [4.69, 9.17) is 0 Å². The van der Waals surface area contributed by atoms with Crippen LogP contribution in [0.25, 0.3) is 0 Å². The minimum absolute atomic E-state index is 0.102. The molecule has 362 valence electrons. The quantitative estimate of drug-likeness (QED) is 0.0473. The van der Waals surface area contributed by atoms with Crippen LogP contribution in [0.15, 0.2) is 12.2 Å². The maximum atomic E-state index is 12.3. The number of aliphatic hydroxyl groups excluding tert-OH is 1. The molecule has 0 aromatic heterocycles. The standard InChI is InChI=1S/C57H111NO3/c1-3-5-7-9-11-13-15-17-19-21-22-23-25-26-30-34-38-42-46-50-55(59)51-47-43-39-35-31-28-29-33-37-41-45-49-53-57(61)58-54-56(60)52-48-44-40-36-32-27-24-20-18-16-14-12-10-8-6-4-2/h17,19,56,60H,3-16,18,20-54H2,1-2H3,(H,58,61)/b19-17-/t56-/m0/s1. The van der Waals surface area contributed by atoms with Crippen molar-refractivity contribution in [2.24, 2.45) is 0 Å². The number of carbonyl (C=O) groups excluding carboxylic acids is 2. The van der Waals surface area contributed by atoms with Crippen LogP contribution in [0.2, 0.25) is 0 Å². The molecular formula is C57H111NO3. The lowest BCUT2D eigenvalue weighted by Crippen LogP contribution is -2.31. The highest BCUT2D eigenvalue weighted by atomic mass is 16.3. The predicted molar refractivity (Wildman–Crippen MR) is 271 cm³/mol. The van der Waals surface area contributed by atoms with E-state index in [0.29, 0.717) is 18.7 Å². The normalized spacial score (nSPS) is 12.2. The van der Waals surface area contributed by atoms with E-state index in [1.54, 1.807) is 0 Å². The lowest BCUT2D eigenvalue weighted by Gasteiger charge is -2.12. The van der Waals surface area contributed by atoms with Crippen molar-refractivity contribution in [3.8, 4) is 0 Å². The van der Waals surface area contributed by atoms with Gasteiger partial charge in [-0.05, 0) is 51.4 Å². The summed E-state index contributed by atoms with van der Waals surface area (Å²) < 4.78 is 0. The Morgan fingerprint density at radius 2 is 0.623 bits per heavy atom. The second kappa shape index (κ2) is 53.2. The van der Waals surface area contributed by atoms with Crippen LogP contribution in [0.4, 0.5) is 0 Å². The molecule has 2 N–H and O–H groups in total. The highest BCUT2D eigenvalue weighted by Gasteiger charge is 2.08. The number of amides is 1. The summed E-state index contributed by atoms with van der Waals surface area (Å²) in [5, 5.41) is 13.2. The van der Waals surface area contributed by atoms with Crippen LogP contribution in [0, 0.1) is 0 Å². The van der Waals surface area contributed by atoms with Crippen LogP contribution >= 0.6 is 0 Å². The van der Waals surface area contributed by atoms with E-state index in [2.05, 4.69) is 31.3 Å². The molecule has 0 heterocycles. The molecule has 1 amide bonds. The van der Waals surface area contributed by atoms with Gasteiger partial charge >= 0.3 is 0 Å². The molecule has 4 nitrogen and oxygen atoms in total. The second-order valence-electron chi connectivity index (χ2n) is 19.6. The molecule has 0 spiro atoms. The Kier molecular flexibility index (Phi) is 52.2. The molecule has 0 bridgehead atoms. The van der Waals surface area contributed by atoms with Crippen LogP contribution in [-0.2, 0) is 9.59 Å². The number of aliphatic hydroxyl groups is 1. The van der Waals surface area contributed by atoms with Crippen LogP contribution in [-0.4, -0.2) is 29.4 Å². The van der Waals surface area contributed by atoms with E-state index >= 15 is 0 Å². The van der Waals surface area contributed by atoms with Crippen molar-refractivity contribution in [3.63, 3.8) is 0 Å². The largest absolute Gasteiger partial charge is 0.391 e. The van der Waals surface area contributed by atoms with Crippen molar-refractivity contribution in [1.82, 2.24) is 5.32 Å². The number of hydrogen-bond donors (Lipinski definition) is 2. The van der Waals surface area contributed by atoms with E-state index < -0.39 is 6.10 Å². The fourth-order valence-corrected chi connectivity index (χ4v) is 8.95. The molecule has 0 aliphatic heterocycles. The van der Waals surface area contributed by atoms with Crippen LogP contribution < -0.4 is 5.32 Å². The van der Waals surface area contributed by atoms with Gasteiger partial charge in [0, 0.05) is 25.8 Å². The van der Waals surface area contributed by atoms with Crippen LogP contribution in [0.1, 0.15) is 328 Å². The second-order valence-corrected chi connectivity index (χ2v) is 19.6. The highest BCUT2D eigenvalue weighted by Crippen LogP contribution is 2.17. The zero-order valence-electron chi connectivity index (χ0n) is 41.9. The van der Waals surface area contributed by atoms with Crippen LogP contribution in [0.5, 0.6) is 0 Å². The third kappa shape index (κ3) is 53.1. The minimum Gasteiger partial charge on any atom is -0.391 e. The van der Waals surface area contributed by atoms with Crippen molar-refractivity contribution in [3.05, 3.63) is 12.2 Å². The predicted octanol–water partition coefficient (Wildman–Crippen LogP) is 18.7. The van der Waals surface area contributed by atoms with Gasteiger partial charge in [-0.25, -0.2) is 0 Å². The molecule has 0 radical (unpaired) electrons. The molecule has 0 unspecified atom stereocenters. The smallest absolute Gasteiger partial charge is 0.220 e. The Hall–Kier alpha value is -1.16. The topological polar surface area (TPSA) is 66.4 Å². The Bertz CT molecular complexity index is 886. The summed E-state index contributed by atoms with van der Waals surface area (Å²) in [6.07, 6.45) is 66.8. The van der Waals surface area contributed by atoms with Gasteiger partial charge in [-0.3, -0.25) is 9.59 Å². The molecule has 61 heavy (non-hydrogen) atoms. The molecule has 0 aromatic rings. The van der Waals surface area contributed by atoms with E-state index in [9.17, 15) is 14.7 Å². The van der Waals surface area contributed by atoms with Gasteiger partial charge in [0.25, 0.3) is 0 Å². The molecule has 0 saturated carbocycles. The summed E-state index contributed by atoms with van der Waals surface area (Å²) in [4.78, 5) is 24.5. The van der Waals surface area contributed by atoms with Gasteiger partial charge in [0.05, 0.1) is 6.10 Å². The molecule has 0 aliphatic rings. The zero-order valence-corrected chi connectivity index (χ0v) is 41.9. The average Bonchev–Trinajstić information content (AvgIpc) is 3.26. The number of nitrogens with one attached hydrogen (secondary N) is 1. The van der Waals surface area contributed by atoms with Gasteiger partial charge in [-0.15, -0.1) is 0 Å². The van der Waals surface area contributed by atoms with Crippen molar-refractivity contribution in [2.75, 3.05) is 6.54 Å². The lowest BCUT2D eigenvalue weighted by atomic mass is 10.0. The van der Waals surface area contributed by atoms with Crippen molar-refractivity contribution in [2.45, 2.75) is 335 Å². The molecule has 4 heteroatoms. The summed E-state index contributed by atoms with van der Waals surface area (Å²) in [5.74, 6) is 0.598. The number of allylic oxidation sites excluding steroid dienone is 2. The number of Topliss-reactive ketones (excluding diaryl/α,β-unsaturated/α-hetero) is 1. The Morgan fingerprint density at radius 3 is 0.951 bits per heavy atom. The van der Waals surface area contributed by atoms with Crippen molar-refractivity contribution >= 4 is 11.7 Å². The SMILES string of the molecule is CCCCCCCC/C=C\CCCCCCCCCCCC(=O)CCCCCCCCCCCCCCC(=O)NC[C@@H](O)CCCCCCCCCCCCCCCCCC. The number of hydrogen-bond acceptors (Lipinski definition) is 3. The van der Waals surface area contributed by atoms with Gasteiger partial charge in [0.2, 0.25) is 5.91 Å². The molecular weight excluding hydrogens is 747 g/mol. The third-order valence-corrected chi connectivity index (χ3v) is 13.3. The van der Waals surface area contributed by atoms with E-state index in [1.165, 1.54) is 257 Å². The molecule has 1 atom stereocenters. The number of carbonyl (C=O) groups is 2. The molecule has 0 aromatic carbocycles. The van der Waals surface area contributed by atoms with Gasteiger partial charge < -0.3 is 10.4 Å². The number of ketones is 1. The maximum absolute atomic E-state index is 12.3. The van der Waals surface area contributed by atoms with E-state index in [1.807, 2.05) is 0 Å². The van der Waals surface area contributed by atoms with Gasteiger partial charge in [-0.2, -0.15) is 0 Å². The van der Waals surface area contributed by atoms with E-state index in [-0.39, 0.29) is 5.91 Å². The van der Waals surface area contributed by atoms with Gasteiger partial charge in [0.1, 0.15) is 5.78 Å². The molecule has 0 fully saturated rings. The highest BCUT2D eigenvalue weighted by molar-refractivity contribution is 5.78. The zero-order chi connectivity index (χ0) is 44.2. The van der Waals surface area contributed by atoms with Crippen molar-refractivity contribution in [1.29, 1.82) is 0 Å². The van der Waals surface area contributed by atoms with Crippen LogP contribution in [0.3, 0.4) is 0 Å². The number of rotatable bonds is 53. The third-order valence-electron chi connectivity index (χ3n) is 13.3. The molecule has 0 saturated heterocycles. The van der Waals surface area contributed by atoms with E-state index in [0.717, 1.165) is 51.4 Å².